The molecule has 8 nitrogen and oxygen atoms in total. The Morgan fingerprint density at radius 3 is 2.47 bits per heavy atom. The van der Waals surface area contributed by atoms with E-state index in [4.69, 9.17) is 11.6 Å². The molecular formula is C21H22ClN4O4-. The summed E-state index contributed by atoms with van der Waals surface area (Å²) in [6.45, 7) is 4.95. The third kappa shape index (κ3) is 5.07. The third-order valence-electron chi connectivity index (χ3n) is 4.92. The number of nitro groups is 1. The molecule has 2 aromatic rings. The molecule has 9 heteroatoms. The smallest absolute Gasteiger partial charge is 0.263 e. The number of piperazine rings is 1. The number of carbonyl (C=O) groups is 1. The van der Waals surface area contributed by atoms with Crippen LogP contribution in [0.2, 0.25) is 5.02 Å². The summed E-state index contributed by atoms with van der Waals surface area (Å²) in [5, 5.41) is 23.2. The van der Waals surface area contributed by atoms with Crippen LogP contribution in [-0.2, 0) is 4.79 Å². The Hall–Kier alpha value is -3.13. The quantitative estimate of drug-likeness (QED) is 0.397. The predicted molar refractivity (Wildman–Crippen MR) is 115 cm³/mol. The molecule has 0 saturated carbocycles. The minimum Gasteiger partial charge on any atom is -0.867 e. The van der Waals surface area contributed by atoms with Gasteiger partial charge in [0.2, 0.25) is 5.91 Å². The lowest BCUT2D eigenvalue weighted by molar-refractivity contribution is -0.398. The summed E-state index contributed by atoms with van der Waals surface area (Å²) in [5.74, 6) is -0.513. The molecular weight excluding hydrogens is 408 g/mol. The van der Waals surface area contributed by atoms with Gasteiger partial charge in [0.15, 0.2) is 0 Å². The van der Waals surface area contributed by atoms with Crippen molar-refractivity contribution in [1.29, 1.82) is 0 Å². The van der Waals surface area contributed by atoms with Crippen LogP contribution in [-0.4, -0.2) is 48.1 Å². The number of amides is 1. The molecule has 1 aliphatic heterocycles. The Bertz CT molecular complexity index is 954. The number of carbonyl (C=O) groups excluding carboxylic acids is 1. The molecule has 30 heavy (non-hydrogen) atoms. The largest absolute Gasteiger partial charge is 0.867 e. The van der Waals surface area contributed by atoms with Crippen molar-refractivity contribution in [2.45, 2.75) is 19.8 Å². The van der Waals surface area contributed by atoms with E-state index < -0.39 is 16.4 Å². The lowest BCUT2D eigenvalue weighted by Gasteiger charge is -2.36. The minimum atomic E-state index is -0.754. The standard InChI is InChI=1S/C21H23ClN4O4/c1-2-3-20(27)25-10-8-24(9-11-25)18-6-4-17(5-7-18)23-14-15-12-16(22)13-19(21(15)28)26(29)30/h4-7,12-14,28H,2-3,8-11H2,1H3/p-1. The maximum atomic E-state index is 12.1. The summed E-state index contributed by atoms with van der Waals surface area (Å²) in [4.78, 5) is 30.6. The van der Waals surface area contributed by atoms with Gasteiger partial charge in [-0.1, -0.05) is 18.5 Å². The lowest BCUT2D eigenvalue weighted by Crippen LogP contribution is -2.48. The molecule has 0 radical (unpaired) electrons. The summed E-state index contributed by atoms with van der Waals surface area (Å²) in [7, 11) is 0. The van der Waals surface area contributed by atoms with Crippen molar-refractivity contribution in [3.8, 4) is 5.75 Å². The number of benzene rings is 2. The Kier molecular flexibility index (Phi) is 6.89. The molecule has 0 bridgehead atoms. The van der Waals surface area contributed by atoms with Gasteiger partial charge < -0.3 is 14.9 Å². The number of aliphatic imine (C=N–C) groups is 1. The molecule has 1 aliphatic rings. The maximum Gasteiger partial charge on any atom is 0.263 e. The Morgan fingerprint density at radius 2 is 1.87 bits per heavy atom. The van der Waals surface area contributed by atoms with Gasteiger partial charge >= 0.3 is 0 Å². The zero-order valence-electron chi connectivity index (χ0n) is 16.6. The van der Waals surface area contributed by atoms with Gasteiger partial charge in [0.25, 0.3) is 5.69 Å². The van der Waals surface area contributed by atoms with Gasteiger partial charge in [-0.3, -0.25) is 19.9 Å². The number of nitro benzene ring substituents is 1. The van der Waals surface area contributed by atoms with Crippen molar-refractivity contribution in [3.05, 3.63) is 57.1 Å². The van der Waals surface area contributed by atoms with Crippen LogP contribution in [0.15, 0.2) is 41.4 Å². The van der Waals surface area contributed by atoms with Gasteiger partial charge in [0, 0.05) is 55.6 Å². The van der Waals surface area contributed by atoms with Crippen molar-refractivity contribution >= 4 is 40.8 Å². The summed E-state index contributed by atoms with van der Waals surface area (Å²) >= 11 is 5.87. The van der Waals surface area contributed by atoms with E-state index in [2.05, 4.69) is 9.89 Å². The summed E-state index contributed by atoms with van der Waals surface area (Å²) in [5.41, 5.74) is 1.12. The molecule has 1 heterocycles. The van der Waals surface area contributed by atoms with Gasteiger partial charge in [-0.05, 0) is 48.1 Å². The first-order valence-corrected chi connectivity index (χ1v) is 10.1. The predicted octanol–water partition coefficient (Wildman–Crippen LogP) is 3.52. The SMILES string of the molecule is CCCC(=O)N1CCN(c2ccc(N=Cc3cc(Cl)cc([N+](=O)[O-])c3[O-])cc2)CC1. The van der Waals surface area contributed by atoms with E-state index in [1.807, 2.05) is 36.1 Å². The van der Waals surface area contributed by atoms with Crippen molar-refractivity contribution in [2.24, 2.45) is 4.99 Å². The second kappa shape index (κ2) is 9.58. The summed E-state index contributed by atoms with van der Waals surface area (Å²) < 4.78 is 0. The summed E-state index contributed by atoms with van der Waals surface area (Å²) in [6, 6.07) is 9.86. The minimum absolute atomic E-state index is 0.0612. The van der Waals surface area contributed by atoms with Gasteiger partial charge in [-0.15, -0.1) is 0 Å². The monoisotopic (exact) mass is 429 g/mol. The summed E-state index contributed by atoms with van der Waals surface area (Å²) in [6.07, 6.45) is 2.74. The fraction of sp³-hybridized carbons (Fsp3) is 0.333. The first-order chi connectivity index (χ1) is 14.4. The van der Waals surface area contributed by atoms with Crippen LogP contribution in [0.5, 0.6) is 5.75 Å². The molecule has 0 aliphatic carbocycles. The second-order valence-electron chi connectivity index (χ2n) is 6.99. The Labute approximate surface area is 179 Å². The van der Waals surface area contributed by atoms with Crippen LogP contribution in [0.1, 0.15) is 25.3 Å². The molecule has 0 spiro atoms. The Morgan fingerprint density at radius 1 is 1.20 bits per heavy atom. The highest BCUT2D eigenvalue weighted by Crippen LogP contribution is 2.30. The molecule has 1 fully saturated rings. The van der Waals surface area contributed by atoms with Crippen LogP contribution in [0.4, 0.5) is 17.1 Å². The van der Waals surface area contributed by atoms with E-state index in [1.54, 1.807) is 0 Å². The molecule has 0 unspecified atom stereocenters. The van der Waals surface area contributed by atoms with Gasteiger partial charge in [-0.25, -0.2) is 0 Å². The average Bonchev–Trinajstić information content (AvgIpc) is 2.74. The molecule has 0 aromatic heterocycles. The number of hydrogen-bond donors (Lipinski definition) is 0. The number of rotatable bonds is 6. The van der Waals surface area contributed by atoms with Crippen molar-refractivity contribution < 1.29 is 14.8 Å². The highest BCUT2D eigenvalue weighted by Gasteiger charge is 2.20. The van der Waals surface area contributed by atoms with E-state index in [0.717, 1.165) is 31.3 Å². The lowest BCUT2D eigenvalue weighted by atomic mass is 10.2. The Balaban J connectivity index is 1.66. The number of anilines is 1. The van der Waals surface area contributed by atoms with Gasteiger partial charge in [-0.2, -0.15) is 0 Å². The molecule has 1 amide bonds. The molecule has 0 atom stereocenters. The van der Waals surface area contributed by atoms with Crippen molar-refractivity contribution in [2.75, 3.05) is 31.1 Å². The van der Waals surface area contributed by atoms with E-state index >= 15 is 0 Å². The maximum absolute atomic E-state index is 12.1. The topological polar surface area (TPSA) is 102 Å². The fourth-order valence-electron chi connectivity index (χ4n) is 3.31. The van der Waals surface area contributed by atoms with E-state index in [1.165, 1.54) is 12.3 Å². The number of halogens is 1. The fourth-order valence-corrected chi connectivity index (χ4v) is 3.53. The molecule has 158 valence electrons. The van der Waals surface area contributed by atoms with Crippen LogP contribution in [0, 0.1) is 10.1 Å². The average molecular weight is 430 g/mol. The molecule has 2 aromatic carbocycles. The first-order valence-electron chi connectivity index (χ1n) is 9.71. The third-order valence-corrected chi connectivity index (χ3v) is 5.14. The van der Waals surface area contributed by atoms with Gasteiger partial charge in [0.05, 0.1) is 10.6 Å². The normalized spacial score (nSPS) is 14.3. The molecule has 0 N–H and O–H groups in total. The highest BCUT2D eigenvalue weighted by molar-refractivity contribution is 6.31. The second-order valence-corrected chi connectivity index (χ2v) is 7.43. The van der Waals surface area contributed by atoms with Crippen molar-refractivity contribution in [3.63, 3.8) is 0 Å². The van der Waals surface area contributed by atoms with Crippen LogP contribution in [0.25, 0.3) is 0 Å². The highest BCUT2D eigenvalue weighted by atomic mass is 35.5. The van der Waals surface area contributed by atoms with Crippen LogP contribution >= 0.6 is 11.6 Å². The van der Waals surface area contributed by atoms with E-state index in [9.17, 15) is 20.0 Å². The number of nitrogens with zero attached hydrogens (tertiary/aromatic N) is 4. The first kappa shape index (κ1) is 21.6. The van der Waals surface area contributed by atoms with Gasteiger partial charge in [0.1, 0.15) is 0 Å². The van der Waals surface area contributed by atoms with Crippen molar-refractivity contribution in [1.82, 2.24) is 4.90 Å². The van der Waals surface area contributed by atoms with Crippen LogP contribution < -0.4 is 10.0 Å². The van der Waals surface area contributed by atoms with E-state index in [0.29, 0.717) is 25.2 Å². The van der Waals surface area contributed by atoms with E-state index in [-0.39, 0.29) is 16.5 Å². The number of hydrogen-bond acceptors (Lipinski definition) is 6. The van der Waals surface area contributed by atoms with Crippen LogP contribution in [0.3, 0.4) is 0 Å². The molecule has 3 rings (SSSR count). The zero-order chi connectivity index (χ0) is 21.7. The zero-order valence-corrected chi connectivity index (χ0v) is 17.3. The molecule has 1 saturated heterocycles.